The summed E-state index contributed by atoms with van der Waals surface area (Å²) in [5.41, 5.74) is 1.07. The Labute approximate surface area is 203 Å². The Morgan fingerprint density at radius 2 is 1.66 bits per heavy atom. The lowest BCUT2D eigenvalue weighted by molar-refractivity contribution is -0.136. The molecule has 0 fully saturated rings. The van der Waals surface area contributed by atoms with E-state index in [-0.39, 0.29) is 34.7 Å². The Morgan fingerprint density at radius 3 is 2.26 bits per heavy atom. The zero-order valence-electron chi connectivity index (χ0n) is 20.1. The summed E-state index contributed by atoms with van der Waals surface area (Å²) < 4.78 is 21.0. The molecule has 0 unspecified atom stereocenters. The molecule has 35 heavy (non-hydrogen) atoms. The van der Waals surface area contributed by atoms with Crippen molar-refractivity contribution in [3.05, 3.63) is 77.7 Å². The Balaban J connectivity index is 1.78. The molecule has 0 spiro atoms. The van der Waals surface area contributed by atoms with Gasteiger partial charge in [0.1, 0.15) is 0 Å². The van der Waals surface area contributed by atoms with Gasteiger partial charge in [0.15, 0.2) is 23.9 Å². The zero-order valence-corrected chi connectivity index (χ0v) is 20.1. The van der Waals surface area contributed by atoms with Gasteiger partial charge in [-0.25, -0.2) is 4.79 Å². The molecule has 1 N–H and O–H groups in total. The number of amides is 2. The van der Waals surface area contributed by atoms with Gasteiger partial charge in [0, 0.05) is 24.7 Å². The maximum atomic E-state index is 13.0. The average molecular weight is 481 g/mol. The molecule has 0 aliphatic carbocycles. The van der Waals surface area contributed by atoms with Crippen molar-refractivity contribution in [2.24, 2.45) is 0 Å². The van der Waals surface area contributed by atoms with Crippen LogP contribution < -0.4 is 14.8 Å². The normalized spacial score (nSPS) is 10.5. The van der Waals surface area contributed by atoms with Gasteiger partial charge in [-0.15, -0.1) is 0 Å². The van der Waals surface area contributed by atoms with Gasteiger partial charge in [-0.1, -0.05) is 30.3 Å². The van der Waals surface area contributed by atoms with Crippen molar-refractivity contribution in [2.75, 3.05) is 26.1 Å². The van der Waals surface area contributed by atoms with Crippen LogP contribution in [-0.4, -0.2) is 49.6 Å². The number of benzene rings is 2. The molecular weight excluding hydrogens is 452 g/mol. The molecule has 0 aliphatic heterocycles. The molecule has 0 saturated heterocycles. The second-order valence-electron chi connectivity index (χ2n) is 7.86. The molecule has 9 nitrogen and oxygen atoms in total. The highest BCUT2D eigenvalue weighted by Crippen LogP contribution is 2.34. The van der Waals surface area contributed by atoms with Crippen LogP contribution in [0.2, 0.25) is 0 Å². The Kier molecular flexibility index (Phi) is 8.50. The highest BCUT2D eigenvalue weighted by molar-refractivity contribution is 6.07. The third-order valence-electron chi connectivity index (χ3n) is 5.20. The fourth-order valence-electron chi connectivity index (χ4n) is 3.37. The van der Waals surface area contributed by atoms with Crippen LogP contribution >= 0.6 is 0 Å². The molecule has 0 atom stereocenters. The van der Waals surface area contributed by atoms with E-state index in [9.17, 15) is 14.4 Å². The summed E-state index contributed by atoms with van der Waals surface area (Å²) in [6.07, 6.45) is 1.36. The average Bonchev–Trinajstić information content (AvgIpc) is 3.41. The zero-order chi connectivity index (χ0) is 25.4. The molecule has 1 heterocycles. The summed E-state index contributed by atoms with van der Waals surface area (Å²) in [6, 6.07) is 15.3. The molecule has 0 aliphatic rings. The van der Waals surface area contributed by atoms with E-state index >= 15 is 0 Å². The number of furan rings is 1. The van der Waals surface area contributed by atoms with Gasteiger partial charge in [0.25, 0.3) is 11.8 Å². The first kappa shape index (κ1) is 25.4. The molecule has 184 valence electrons. The second kappa shape index (κ2) is 11.7. The van der Waals surface area contributed by atoms with Crippen molar-refractivity contribution in [1.29, 1.82) is 0 Å². The van der Waals surface area contributed by atoms with Crippen LogP contribution in [0.4, 0.5) is 5.69 Å². The van der Waals surface area contributed by atoms with E-state index in [2.05, 4.69) is 5.32 Å². The summed E-state index contributed by atoms with van der Waals surface area (Å²) in [5.74, 6) is -1.11. The number of hydrogen-bond donors (Lipinski definition) is 1. The van der Waals surface area contributed by atoms with Crippen LogP contribution in [0.3, 0.4) is 0 Å². The van der Waals surface area contributed by atoms with Crippen LogP contribution in [0, 0.1) is 0 Å². The van der Waals surface area contributed by atoms with E-state index in [0.717, 1.165) is 5.56 Å². The standard InChI is InChI=1S/C26H28N2O7/c1-17(2)28(15-18-9-6-5-7-10-18)24(29)16-35-26(31)19-13-22(32-3)23(33-4)14-20(19)27-25(30)21-11-8-12-34-21/h5-14,17H,15-16H2,1-4H3,(H,27,30). The number of carbonyl (C=O) groups excluding carboxylic acids is 3. The van der Waals surface area contributed by atoms with Crippen molar-refractivity contribution in [1.82, 2.24) is 4.90 Å². The maximum Gasteiger partial charge on any atom is 0.340 e. The Morgan fingerprint density at radius 1 is 0.971 bits per heavy atom. The highest BCUT2D eigenvalue weighted by atomic mass is 16.5. The fraction of sp³-hybridized carbons (Fsp3) is 0.269. The molecule has 0 saturated carbocycles. The summed E-state index contributed by atoms with van der Waals surface area (Å²) in [6.45, 7) is 3.69. The van der Waals surface area contributed by atoms with E-state index in [1.54, 1.807) is 11.0 Å². The maximum absolute atomic E-state index is 13.0. The van der Waals surface area contributed by atoms with E-state index in [1.165, 1.54) is 38.7 Å². The first-order valence-corrected chi connectivity index (χ1v) is 11.0. The number of methoxy groups -OCH3 is 2. The molecule has 2 amide bonds. The predicted octanol–water partition coefficient (Wildman–Crippen LogP) is 4.14. The molecule has 3 aromatic rings. The van der Waals surface area contributed by atoms with Gasteiger partial charge in [0.2, 0.25) is 0 Å². The van der Waals surface area contributed by atoms with E-state index in [0.29, 0.717) is 12.3 Å². The lowest BCUT2D eigenvalue weighted by atomic mass is 10.1. The summed E-state index contributed by atoms with van der Waals surface area (Å²) in [5, 5.41) is 2.62. The fourth-order valence-corrected chi connectivity index (χ4v) is 3.37. The number of hydrogen-bond acceptors (Lipinski definition) is 7. The number of rotatable bonds is 10. The minimum absolute atomic E-state index is 0.00508. The Bertz CT molecular complexity index is 1160. The minimum Gasteiger partial charge on any atom is -0.493 e. The lowest BCUT2D eigenvalue weighted by Crippen LogP contribution is -2.39. The van der Waals surface area contributed by atoms with E-state index < -0.39 is 18.5 Å². The second-order valence-corrected chi connectivity index (χ2v) is 7.86. The van der Waals surface area contributed by atoms with Gasteiger partial charge in [-0.3, -0.25) is 9.59 Å². The molecular formula is C26H28N2O7. The molecule has 9 heteroatoms. The van der Waals surface area contributed by atoms with Gasteiger partial charge in [0.05, 0.1) is 31.7 Å². The SMILES string of the molecule is COc1cc(NC(=O)c2ccco2)c(C(=O)OCC(=O)N(Cc2ccccc2)C(C)C)cc1OC. The number of nitrogens with one attached hydrogen (secondary N) is 1. The van der Waals surface area contributed by atoms with Crippen LogP contribution in [0.25, 0.3) is 0 Å². The third-order valence-corrected chi connectivity index (χ3v) is 5.20. The number of ether oxygens (including phenoxy) is 3. The summed E-state index contributed by atoms with van der Waals surface area (Å²) >= 11 is 0. The van der Waals surface area contributed by atoms with Gasteiger partial charge < -0.3 is 28.8 Å². The smallest absolute Gasteiger partial charge is 0.340 e. The minimum atomic E-state index is -0.808. The van der Waals surface area contributed by atoms with E-state index in [4.69, 9.17) is 18.6 Å². The number of anilines is 1. The van der Waals surface area contributed by atoms with Crippen LogP contribution in [0.1, 0.15) is 40.3 Å². The van der Waals surface area contributed by atoms with Crippen LogP contribution in [0.15, 0.2) is 65.3 Å². The van der Waals surface area contributed by atoms with Crippen molar-refractivity contribution in [3.8, 4) is 11.5 Å². The molecule has 1 aromatic heterocycles. The first-order valence-electron chi connectivity index (χ1n) is 11.0. The molecule has 2 aromatic carbocycles. The monoisotopic (exact) mass is 480 g/mol. The van der Waals surface area contributed by atoms with Gasteiger partial charge in [-0.05, 0) is 31.5 Å². The molecule has 0 radical (unpaired) electrons. The van der Waals surface area contributed by atoms with Gasteiger partial charge in [-0.2, -0.15) is 0 Å². The third kappa shape index (κ3) is 6.41. The van der Waals surface area contributed by atoms with Crippen molar-refractivity contribution in [3.63, 3.8) is 0 Å². The largest absolute Gasteiger partial charge is 0.493 e. The summed E-state index contributed by atoms with van der Waals surface area (Å²) in [4.78, 5) is 40.0. The molecule has 3 rings (SSSR count). The predicted molar refractivity (Wildman–Crippen MR) is 129 cm³/mol. The lowest BCUT2D eigenvalue weighted by Gasteiger charge is -2.26. The topological polar surface area (TPSA) is 107 Å². The van der Waals surface area contributed by atoms with E-state index in [1.807, 2.05) is 44.2 Å². The van der Waals surface area contributed by atoms with Crippen LogP contribution in [0.5, 0.6) is 11.5 Å². The van der Waals surface area contributed by atoms with Crippen molar-refractivity contribution < 1.29 is 33.0 Å². The number of carbonyl (C=O) groups is 3. The molecule has 0 bridgehead atoms. The highest BCUT2D eigenvalue weighted by Gasteiger charge is 2.24. The number of nitrogens with zero attached hydrogens (tertiary/aromatic N) is 1. The number of esters is 1. The quantitative estimate of drug-likeness (QED) is 0.435. The Hall–Kier alpha value is -4.27. The van der Waals surface area contributed by atoms with Crippen molar-refractivity contribution in [2.45, 2.75) is 26.4 Å². The first-order chi connectivity index (χ1) is 16.8. The van der Waals surface area contributed by atoms with Crippen LogP contribution in [-0.2, 0) is 16.1 Å². The van der Waals surface area contributed by atoms with Gasteiger partial charge >= 0.3 is 5.97 Å². The summed E-state index contributed by atoms with van der Waals surface area (Å²) in [7, 11) is 2.85. The van der Waals surface area contributed by atoms with Crippen molar-refractivity contribution >= 4 is 23.5 Å².